The van der Waals surface area contributed by atoms with Crippen molar-refractivity contribution in [3.63, 3.8) is 0 Å². The van der Waals surface area contributed by atoms with Gasteiger partial charge < -0.3 is 10.1 Å². The number of aromatic nitrogens is 1. The van der Waals surface area contributed by atoms with E-state index in [0.29, 0.717) is 35.0 Å². The second-order valence-electron chi connectivity index (χ2n) is 8.10. The van der Waals surface area contributed by atoms with Crippen molar-refractivity contribution in [2.45, 2.75) is 39.7 Å². The van der Waals surface area contributed by atoms with Crippen LogP contribution in [0.4, 0.5) is 4.39 Å². The molecule has 0 saturated heterocycles. The van der Waals surface area contributed by atoms with Crippen molar-refractivity contribution in [1.82, 2.24) is 10.3 Å². The Bertz CT molecular complexity index is 1090. The van der Waals surface area contributed by atoms with Gasteiger partial charge in [0.15, 0.2) is 0 Å². The number of ether oxygens (including phenoxy) is 1. The third-order valence-corrected chi connectivity index (χ3v) is 5.63. The highest BCUT2D eigenvalue weighted by Gasteiger charge is 2.23. The monoisotopic (exact) mass is 418 g/mol. The number of hydrogen-bond acceptors (Lipinski definition) is 3. The number of carbonyl (C=O) groups is 1. The summed E-state index contributed by atoms with van der Waals surface area (Å²) in [4.78, 5) is 17.6. The van der Waals surface area contributed by atoms with Crippen molar-refractivity contribution < 1.29 is 13.9 Å². The lowest BCUT2D eigenvalue weighted by atomic mass is 10.0. The Morgan fingerprint density at radius 3 is 2.77 bits per heavy atom. The van der Waals surface area contributed by atoms with Crippen molar-refractivity contribution in [2.24, 2.45) is 5.92 Å². The fourth-order valence-corrected chi connectivity index (χ4v) is 3.48. The third-order valence-electron chi connectivity index (χ3n) is 5.63. The topological polar surface area (TPSA) is 51.2 Å². The summed E-state index contributed by atoms with van der Waals surface area (Å²) in [5.41, 5.74) is 4.64. The molecule has 0 atom stereocenters. The quantitative estimate of drug-likeness (QED) is 0.527. The molecule has 1 saturated carbocycles. The summed E-state index contributed by atoms with van der Waals surface area (Å²) < 4.78 is 19.8. The van der Waals surface area contributed by atoms with Crippen molar-refractivity contribution in [2.75, 3.05) is 6.61 Å². The van der Waals surface area contributed by atoms with E-state index in [0.717, 1.165) is 23.2 Å². The molecule has 0 radical (unpaired) electrons. The van der Waals surface area contributed by atoms with Crippen LogP contribution in [-0.4, -0.2) is 17.5 Å². The van der Waals surface area contributed by atoms with Gasteiger partial charge in [-0.05, 0) is 79.1 Å². The second kappa shape index (κ2) is 9.29. The molecule has 1 N–H and O–H groups in total. The van der Waals surface area contributed by atoms with Crippen LogP contribution < -0.4 is 10.1 Å². The minimum atomic E-state index is -0.274. The van der Waals surface area contributed by atoms with Crippen LogP contribution in [0.1, 0.15) is 46.8 Å². The van der Waals surface area contributed by atoms with Gasteiger partial charge in [-0.3, -0.25) is 9.78 Å². The molecule has 1 heterocycles. The van der Waals surface area contributed by atoms with Crippen LogP contribution in [0.3, 0.4) is 0 Å². The van der Waals surface area contributed by atoms with Gasteiger partial charge in [0.05, 0.1) is 17.9 Å². The van der Waals surface area contributed by atoms with Crippen LogP contribution in [0.5, 0.6) is 5.75 Å². The largest absolute Gasteiger partial charge is 0.492 e. The molecule has 1 aromatic heterocycles. The molecule has 4 nitrogen and oxygen atoms in total. The van der Waals surface area contributed by atoms with Gasteiger partial charge in [-0.2, -0.15) is 0 Å². The lowest BCUT2D eigenvalue weighted by Crippen LogP contribution is -2.24. The number of benzene rings is 2. The first-order chi connectivity index (χ1) is 15.0. The number of pyridine rings is 1. The summed E-state index contributed by atoms with van der Waals surface area (Å²) in [5.74, 6) is 0.623. The Balaban J connectivity index is 1.60. The lowest BCUT2D eigenvalue weighted by Gasteiger charge is -2.14. The first-order valence-corrected chi connectivity index (χ1v) is 10.8. The smallest absolute Gasteiger partial charge is 0.255 e. The highest BCUT2D eigenvalue weighted by Crippen LogP contribution is 2.32. The van der Waals surface area contributed by atoms with Crippen LogP contribution in [0, 0.1) is 18.7 Å². The molecule has 1 aliphatic carbocycles. The maximum atomic E-state index is 13.8. The van der Waals surface area contributed by atoms with Crippen molar-refractivity contribution >= 4 is 5.91 Å². The summed E-state index contributed by atoms with van der Waals surface area (Å²) in [5, 5.41) is 2.91. The minimum absolute atomic E-state index is 0.242. The number of aryl methyl sites for hydroxylation is 2. The Labute approximate surface area is 182 Å². The maximum absolute atomic E-state index is 13.8. The van der Waals surface area contributed by atoms with Crippen LogP contribution in [0.25, 0.3) is 11.3 Å². The number of amides is 1. The predicted octanol–water partition coefficient (Wildman–Crippen LogP) is 5.48. The highest BCUT2D eigenvalue weighted by molar-refractivity contribution is 5.98. The molecule has 31 heavy (non-hydrogen) atoms. The van der Waals surface area contributed by atoms with E-state index in [9.17, 15) is 9.18 Å². The fourth-order valence-electron chi connectivity index (χ4n) is 3.48. The first-order valence-electron chi connectivity index (χ1n) is 10.8. The fraction of sp³-hybridized carbons (Fsp3) is 0.308. The van der Waals surface area contributed by atoms with E-state index in [1.807, 2.05) is 36.4 Å². The molecule has 1 aliphatic rings. The highest BCUT2D eigenvalue weighted by atomic mass is 19.1. The molecule has 160 valence electrons. The minimum Gasteiger partial charge on any atom is -0.492 e. The zero-order valence-corrected chi connectivity index (χ0v) is 18.0. The van der Waals surface area contributed by atoms with E-state index >= 15 is 0 Å². The van der Waals surface area contributed by atoms with Crippen LogP contribution in [-0.2, 0) is 13.0 Å². The van der Waals surface area contributed by atoms with E-state index in [1.54, 1.807) is 19.2 Å². The molecule has 0 aliphatic heterocycles. The van der Waals surface area contributed by atoms with E-state index in [1.165, 1.54) is 18.9 Å². The summed E-state index contributed by atoms with van der Waals surface area (Å²) in [6, 6.07) is 14.6. The number of nitrogens with one attached hydrogen (secondary N) is 1. The summed E-state index contributed by atoms with van der Waals surface area (Å²) >= 11 is 0. The lowest BCUT2D eigenvalue weighted by molar-refractivity contribution is 0.0946. The normalized spacial score (nSPS) is 13.1. The zero-order chi connectivity index (χ0) is 21.8. The standard InChI is InChI=1S/C26H27FN2O2/c1-3-20-5-4-12-28-25(20)21-10-11-24(31-16-18-8-9-18)22(14-21)26(30)29-15-19-7-6-17(2)23(27)13-19/h4-7,10-14,18H,3,8-9,15-16H2,1-2H3,(H,29,30). The third kappa shape index (κ3) is 5.10. The van der Waals surface area contributed by atoms with Gasteiger partial charge in [-0.25, -0.2) is 4.39 Å². The zero-order valence-electron chi connectivity index (χ0n) is 18.0. The Kier molecular flexibility index (Phi) is 6.31. The Hall–Kier alpha value is -3.21. The predicted molar refractivity (Wildman–Crippen MR) is 120 cm³/mol. The van der Waals surface area contributed by atoms with Gasteiger partial charge >= 0.3 is 0 Å². The molecular weight excluding hydrogens is 391 g/mol. The van der Waals surface area contributed by atoms with E-state index in [4.69, 9.17) is 4.74 Å². The van der Waals surface area contributed by atoms with Crippen molar-refractivity contribution in [1.29, 1.82) is 0 Å². The van der Waals surface area contributed by atoms with Crippen LogP contribution in [0.15, 0.2) is 54.7 Å². The number of nitrogens with zero attached hydrogens (tertiary/aromatic N) is 1. The molecule has 4 rings (SSSR count). The number of halogens is 1. The molecule has 1 fully saturated rings. The van der Waals surface area contributed by atoms with Gasteiger partial charge in [0.2, 0.25) is 0 Å². The molecule has 3 aromatic rings. The molecule has 5 heteroatoms. The molecule has 0 unspecified atom stereocenters. The Morgan fingerprint density at radius 2 is 2.03 bits per heavy atom. The van der Waals surface area contributed by atoms with E-state index in [-0.39, 0.29) is 18.3 Å². The van der Waals surface area contributed by atoms with Gasteiger partial charge in [0.1, 0.15) is 11.6 Å². The molecule has 1 amide bonds. The SMILES string of the molecule is CCc1cccnc1-c1ccc(OCC2CC2)c(C(=O)NCc2ccc(C)c(F)c2)c1. The molecule has 2 aromatic carbocycles. The Morgan fingerprint density at radius 1 is 1.19 bits per heavy atom. The maximum Gasteiger partial charge on any atom is 0.255 e. The summed E-state index contributed by atoms with van der Waals surface area (Å²) in [6.07, 6.45) is 4.96. The number of hydrogen-bond donors (Lipinski definition) is 1. The average Bonchev–Trinajstić information content (AvgIpc) is 3.62. The van der Waals surface area contributed by atoms with Gasteiger partial charge in [-0.1, -0.05) is 25.1 Å². The van der Waals surface area contributed by atoms with Crippen molar-refractivity contribution in [3.05, 3.63) is 82.8 Å². The van der Waals surface area contributed by atoms with Crippen LogP contribution in [0.2, 0.25) is 0 Å². The van der Waals surface area contributed by atoms with Gasteiger partial charge in [0.25, 0.3) is 5.91 Å². The summed E-state index contributed by atoms with van der Waals surface area (Å²) in [6.45, 7) is 4.66. The number of rotatable bonds is 8. The molecule has 0 spiro atoms. The second-order valence-corrected chi connectivity index (χ2v) is 8.10. The van der Waals surface area contributed by atoms with Crippen molar-refractivity contribution in [3.8, 4) is 17.0 Å². The van der Waals surface area contributed by atoms with Gasteiger partial charge in [-0.15, -0.1) is 0 Å². The van der Waals surface area contributed by atoms with Crippen LogP contribution >= 0.6 is 0 Å². The molecular formula is C26H27FN2O2. The van der Waals surface area contributed by atoms with E-state index < -0.39 is 0 Å². The number of carbonyl (C=O) groups excluding carboxylic acids is 1. The molecule has 0 bridgehead atoms. The average molecular weight is 419 g/mol. The van der Waals surface area contributed by atoms with E-state index in [2.05, 4.69) is 17.2 Å². The van der Waals surface area contributed by atoms with Gasteiger partial charge in [0, 0.05) is 18.3 Å². The first kappa shape index (κ1) is 21.0. The summed E-state index contributed by atoms with van der Waals surface area (Å²) in [7, 11) is 0.